The van der Waals surface area contributed by atoms with E-state index in [0.29, 0.717) is 39.9 Å². The summed E-state index contributed by atoms with van der Waals surface area (Å²) in [6, 6.07) is 10.2. The van der Waals surface area contributed by atoms with Crippen LogP contribution in [0.1, 0.15) is 18.4 Å². The van der Waals surface area contributed by atoms with Gasteiger partial charge in [-0.1, -0.05) is 17.7 Å². The van der Waals surface area contributed by atoms with E-state index in [4.69, 9.17) is 31.3 Å². The highest BCUT2D eigenvalue weighted by molar-refractivity contribution is 6.31. The molecular formula is C20H15ClN2O5. The molecule has 0 aliphatic heterocycles. The number of carboxylic acid groups (broad SMARTS) is 1. The zero-order chi connectivity index (χ0) is 19.8. The number of hydrogen-bond acceptors (Lipinski definition) is 6. The Morgan fingerprint density at radius 3 is 2.75 bits per heavy atom. The van der Waals surface area contributed by atoms with Gasteiger partial charge in [0, 0.05) is 16.8 Å². The number of carbonyl (C=O) groups is 1. The molecule has 0 fully saturated rings. The molecule has 0 spiro atoms. The van der Waals surface area contributed by atoms with E-state index < -0.39 is 11.6 Å². The van der Waals surface area contributed by atoms with Crippen molar-refractivity contribution in [2.75, 3.05) is 5.73 Å². The van der Waals surface area contributed by atoms with Crippen LogP contribution in [0.5, 0.6) is 0 Å². The maximum absolute atomic E-state index is 12.6. The number of nitrogen functional groups attached to an aromatic ring is 1. The molecule has 2 heterocycles. The Labute approximate surface area is 163 Å². The number of rotatable bonds is 5. The molecule has 3 N–H and O–H groups in total. The minimum Gasteiger partial charge on any atom is -0.481 e. The fraction of sp³-hybridized carbons (Fsp3) is 0.150. The number of benzene rings is 2. The number of hydrogen-bond donors (Lipinski definition) is 2. The van der Waals surface area contributed by atoms with Gasteiger partial charge in [0.05, 0.1) is 5.69 Å². The number of nitrogens with two attached hydrogens (primary N) is 1. The minimum atomic E-state index is -0.846. The van der Waals surface area contributed by atoms with E-state index in [1.54, 1.807) is 30.3 Å². The molecule has 0 saturated heterocycles. The quantitative estimate of drug-likeness (QED) is 0.482. The van der Waals surface area contributed by atoms with E-state index >= 15 is 0 Å². The van der Waals surface area contributed by atoms with Crippen LogP contribution >= 0.6 is 11.6 Å². The van der Waals surface area contributed by atoms with Crippen LogP contribution in [0.25, 0.3) is 33.5 Å². The summed E-state index contributed by atoms with van der Waals surface area (Å²) in [6.07, 6.45) is 1.12. The van der Waals surface area contributed by atoms with Crippen molar-refractivity contribution in [3.63, 3.8) is 0 Å². The van der Waals surface area contributed by atoms with Crippen molar-refractivity contribution in [2.24, 2.45) is 0 Å². The lowest BCUT2D eigenvalue weighted by molar-refractivity contribution is -0.137. The number of halogens is 1. The van der Waals surface area contributed by atoms with E-state index in [2.05, 4.69) is 4.98 Å². The van der Waals surface area contributed by atoms with Gasteiger partial charge in [-0.25, -0.2) is 9.78 Å². The van der Waals surface area contributed by atoms with Crippen LogP contribution in [0.2, 0.25) is 5.02 Å². The highest BCUT2D eigenvalue weighted by Crippen LogP contribution is 2.32. The minimum absolute atomic E-state index is 0.0541. The summed E-state index contributed by atoms with van der Waals surface area (Å²) >= 11 is 5.96. The van der Waals surface area contributed by atoms with E-state index in [9.17, 15) is 9.59 Å². The highest BCUT2D eigenvalue weighted by Gasteiger charge is 2.20. The van der Waals surface area contributed by atoms with Crippen molar-refractivity contribution >= 4 is 45.3 Å². The second-order valence-electron chi connectivity index (χ2n) is 6.39. The van der Waals surface area contributed by atoms with Gasteiger partial charge < -0.3 is 19.7 Å². The van der Waals surface area contributed by atoms with Crippen molar-refractivity contribution in [1.29, 1.82) is 0 Å². The predicted octanol–water partition coefficient (Wildman–Crippen LogP) is 4.24. The Hall–Kier alpha value is -3.32. The van der Waals surface area contributed by atoms with Crippen molar-refractivity contribution in [2.45, 2.75) is 19.3 Å². The number of carboxylic acids is 1. The first-order valence-corrected chi connectivity index (χ1v) is 8.93. The lowest BCUT2D eigenvalue weighted by Crippen LogP contribution is -2.08. The Kier molecular flexibility index (Phi) is 4.52. The smallest absolute Gasteiger partial charge is 0.351 e. The lowest BCUT2D eigenvalue weighted by atomic mass is 10.0. The van der Waals surface area contributed by atoms with Gasteiger partial charge in [0.1, 0.15) is 16.7 Å². The van der Waals surface area contributed by atoms with E-state index in [1.807, 2.05) is 6.07 Å². The summed E-state index contributed by atoms with van der Waals surface area (Å²) in [5, 5.41) is 9.80. The molecule has 0 bridgehead atoms. The van der Waals surface area contributed by atoms with Crippen LogP contribution in [0.3, 0.4) is 0 Å². The third-order valence-corrected chi connectivity index (χ3v) is 4.67. The Morgan fingerprint density at radius 1 is 1.14 bits per heavy atom. The Morgan fingerprint density at radius 2 is 1.96 bits per heavy atom. The lowest BCUT2D eigenvalue weighted by Gasteiger charge is -2.07. The van der Waals surface area contributed by atoms with Gasteiger partial charge in [0.25, 0.3) is 0 Å². The second kappa shape index (κ2) is 7.01. The summed E-state index contributed by atoms with van der Waals surface area (Å²) in [7, 11) is 0. The molecule has 0 aliphatic rings. The number of aryl methyl sites for hydroxylation is 1. The van der Waals surface area contributed by atoms with Gasteiger partial charge in [-0.05, 0) is 48.7 Å². The van der Waals surface area contributed by atoms with Gasteiger partial charge in [0.2, 0.25) is 5.89 Å². The van der Waals surface area contributed by atoms with Gasteiger partial charge in [-0.15, -0.1) is 0 Å². The molecule has 142 valence electrons. The van der Waals surface area contributed by atoms with Gasteiger partial charge in [-0.2, -0.15) is 0 Å². The normalized spacial score (nSPS) is 11.3. The predicted molar refractivity (Wildman–Crippen MR) is 105 cm³/mol. The zero-order valence-electron chi connectivity index (χ0n) is 14.6. The summed E-state index contributed by atoms with van der Waals surface area (Å²) in [6.45, 7) is 0. The topological polar surface area (TPSA) is 120 Å². The largest absolute Gasteiger partial charge is 0.481 e. The number of nitrogens with zero attached hydrogens (tertiary/aromatic N) is 1. The molecule has 0 radical (unpaired) electrons. The van der Waals surface area contributed by atoms with E-state index in [-0.39, 0.29) is 23.6 Å². The number of anilines is 1. The number of oxazole rings is 1. The summed E-state index contributed by atoms with van der Waals surface area (Å²) in [4.78, 5) is 27.5. The SMILES string of the molecule is Nc1c(-c2nc3cc(Cl)ccc3o2)c(=O)oc2cc(CCCC(=O)O)ccc12. The van der Waals surface area contributed by atoms with Crippen LogP contribution in [-0.2, 0) is 11.2 Å². The number of aromatic nitrogens is 1. The molecule has 0 aliphatic carbocycles. The third-order valence-electron chi connectivity index (χ3n) is 4.43. The van der Waals surface area contributed by atoms with Crippen LogP contribution in [0.4, 0.5) is 5.69 Å². The fourth-order valence-corrected chi connectivity index (χ4v) is 3.24. The van der Waals surface area contributed by atoms with Crippen molar-refractivity contribution in [3.8, 4) is 11.5 Å². The summed E-state index contributed by atoms with van der Waals surface area (Å²) < 4.78 is 11.1. The van der Waals surface area contributed by atoms with Crippen LogP contribution in [0.15, 0.2) is 50.0 Å². The van der Waals surface area contributed by atoms with Gasteiger partial charge in [0.15, 0.2) is 5.58 Å². The highest BCUT2D eigenvalue weighted by atomic mass is 35.5. The molecule has 0 saturated carbocycles. The van der Waals surface area contributed by atoms with Crippen LogP contribution < -0.4 is 11.4 Å². The monoisotopic (exact) mass is 398 g/mol. The molecule has 8 heteroatoms. The molecule has 4 rings (SSSR count). The van der Waals surface area contributed by atoms with Crippen LogP contribution in [-0.4, -0.2) is 16.1 Å². The standard InChI is InChI=1S/C20H15ClN2O5/c21-11-5-7-14-13(9-11)23-19(27-14)17-18(22)12-6-4-10(2-1-3-16(24)25)8-15(12)28-20(17)26/h4-9H,1-3,22H2,(H,24,25). The molecule has 2 aromatic heterocycles. The van der Waals surface area contributed by atoms with E-state index in [1.165, 1.54) is 0 Å². The number of fused-ring (bicyclic) bond motifs is 2. The first-order chi connectivity index (χ1) is 13.4. The van der Waals surface area contributed by atoms with Gasteiger partial charge in [-0.3, -0.25) is 4.79 Å². The van der Waals surface area contributed by atoms with Crippen molar-refractivity contribution < 1.29 is 18.7 Å². The average molecular weight is 399 g/mol. The molecular weight excluding hydrogens is 384 g/mol. The van der Waals surface area contributed by atoms with Crippen molar-refractivity contribution in [3.05, 3.63) is 57.4 Å². The van der Waals surface area contributed by atoms with Crippen molar-refractivity contribution in [1.82, 2.24) is 4.98 Å². The first kappa shape index (κ1) is 18.1. The fourth-order valence-electron chi connectivity index (χ4n) is 3.08. The summed E-state index contributed by atoms with van der Waals surface area (Å²) in [5.41, 5.74) is 8.01. The Bertz CT molecular complexity index is 1280. The average Bonchev–Trinajstić information content (AvgIpc) is 3.03. The zero-order valence-corrected chi connectivity index (χ0v) is 15.3. The first-order valence-electron chi connectivity index (χ1n) is 8.56. The molecule has 2 aromatic carbocycles. The summed E-state index contributed by atoms with van der Waals surface area (Å²) in [5.74, 6) is -0.781. The van der Waals surface area contributed by atoms with Gasteiger partial charge >= 0.3 is 11.6 Å². The Balaban J connectivity index is 1.77. The second-order valence-corrected chi connectivity index (χ2v) is 6.82. The number of aliphatic carboxylic acids is 1. The van der Waals surface area contributed by atoms with Crippen LogP contribution in [0, 0.1) is 0 Å². The molecule has 0 unspecified atom stereocenters. The molecule has 28 heavy (non-hydrogen) atoms. The molecule has 7 nitrogen and oxygen atoms in total. The molecule has 0 atom stereocenters. The molecule has 4 aromatic rings. The third kappa shape index (κ3) is 3.32. The maximum Gasteiger partial charge on any atom is 0.351 e. The maximum atomic E-state index is 12.6. The molecule has 0 amide bonds. The van der Waals surface area contributed by atoms with E-state index in [0.717, 1.165) is 5.56 Å².